The molecule has 7 nitrogen and oxygen atoms in total. The molecule has 1 aromatic carbocycles. The van der Waals surface area contributed by atoms with Crippen LogP contribution in [0.4, 0.5) is 5.69 Å². The highest BCUT2D eigenvalue weighted by molar-refractivity contribution is 5.96. The van der Waals surface area contributed by atoms with Crippen LogP contribution >= 0.6 is 0 Å². The average Bonchev–Trinajstić information content (AvgIpc) is 2.75. The molecule has 1 aliphatic heterocycles. The highest BCUT2D eigenvalue weighted by Gasteiger charge is 2.35. The molecule has 0 atom stereocenters. The van der Waals surface area contributed by atoms with Crippen LogP contribution in [0.3, 0.4) is 0 Å². The first-order valence-corrected chi connectivity index (χ1v) is 11.1. The molecule has 2 aromatic rings. The number of nitrogens with zero attached hydrogens (tertiary/aromatic N) is 2. The number of aromatic nitrogens is 1. The second kappa shape index (κ2) is 9.47. The Morgan fingerprint density at radius 3 is 2.65 bits per heavy atom. The molecule has 4 N–H and O–H groups in total. The molecule has 0 unspecified atom stereocenters. The van der Waals surface area contributed by atoms with Crippen LogP contribution in [0, 0.1) is 6.92 Å². The van der Waals surface area contributed by atoms with E-state index in [0.717, 1.165) is 50.0 Å². The zero-order chi connectivity index (χ0) is 21.8. The number of carbonyl (C=O) groups excluding carboxylic acids is 2. The molecular formula is C24H31N5O2. The average molecular weight is 422 g/mol. The third-order valence-corrected chi connectivity index (χ3v) is 6.50. The van der Waals surface area contributed by atoms with E-state index in [2.05, 4.69) is 20.5 Å². The van der Waals surface area contributed by atoms with Crippen molar-refractivity contribution in [3.8, 4) is 0 Å². The molecule has 31 heavy (non-hydrogen) atoms. The number of likely N-dealkylation sites (tertiary alicyclic amines) is 1. The first kappa shape index (κ1) is 21.3. The van der Waals surface area contributed by atoms with Crippen LogP contribution in [0.25, 0.3) is 0 Å². The van der Waals surface area contributed by atoms with Gasteiger partial charge in [0.25, 0.3) is 5.91 Å². The zero-order valence-electron chi connectivity index (χ0n) is 18.0. The first-order valence-electron chi connectivity index (χ1n) is 11.1. The Balaban J connectivity index is 1.15. The monoisotopic (exact) mass is 421 g/mol. The fourth-order valence-electron chi connectivity index (χ4n) is 4.74. The lowest BCUT2D eigenvalue weighted by Crippen LogP contribution is -2.63. The predicted octanol–water partition coefficient (Wildman–Crippen LogP) is 2.23. The number of anilines is 1. The molecule has 7 heteroatoms. The lowest BCUT2D eigenvalue weighted by atomic mass is 9.80. The summed E-state index contributed by atoms with van der Waals surface area (Å²) in [5.41, 5.74) is 9.74. The lowest BCUT2D eigenvalue weighted by Gasteiger charge is -2.46. The highest BCUT2D eigenvalue weighted by atomic mass is 16.2. The van der Waals surface area contributed by atoms with Gasteiger partial charge in [-0.3, -0.25) is 19.5 Å². The van der Waals surface area contributed by atoms with Crippen LogP contribution in [0.5, 0.6) is 0 Å². The van der Waals surface area contributed by atoms with Crippen LogP contribution in [0.2, 0.25) is 0 Å². The number of hydrogen-bond acceptors (Lipinski definition) is 5. The van der Waals surface area contributed by atoms with Crippen LogP contribution in [-0.2, 0) is 4.79 Å². The van der Waals surface area contributed by atoms with Crippen molar-refractivity contribution in [1.29, 1.82) is 0 Å². The third kappa shape index (κ3) is 5.22. The van der Waals surface area contributed by atoms with Gasteiger partial charge >= 0.3 is 0 Å². The number of nitrogens with one attached hydrogen (secondary N) is 2. The minimum atomic E-state index is -0.222. The van der Waals surface area contributed by atoms with E-state index < -0.39 is 0 Å². The van der Waals surface area contributed by atoms with Crippen molar-refractivity contribution in [3.63, 3.8) is 0 Å². The van der Waals surface area contributed by atoms with E-state index in [4.69, 9.17) is 5.73 Å². The highest BCUT2D eigenvalue weighted by Crippen LogP contribution is 2.37. The lowest BCUT2D eigenvalue weighted by molar-refractivity contribution is -0.122. The smallest absolute Gasteiger partial charge is 0.251 e. The van der Waals surface area contributed by atoms with Gasteiger partial charge in [0.05, 0.1) is 12.6 Å². The number of amides is 2. The van der Waals surface area contributed by atoms with Crippen LogP contribution in [0.15, 0.2) is 42.7 Å². The Labute approximate surface area is 183 Å². The first-order chi connectivity index (χ1) is 15.0. The van der Waals surface area contributed by atoms with Gasteiger partial charge in [0.1, 0.15) is 0 Å². The predicted molar refractivity (Wildman–Crippen MR) is 121 cm³/mol. The van der Waals surface area contributed by atoms with E-state index in [1.807, 2.05) is 37.4 Å². The fourth-order valence-corrected chi connectivity index (χ4v) is 4.74. The Hall–Kier alpha value is -2.93. The van der Waals surface area contributed by atoms with E-state index in [9.17, 15) is 9.59 Å². The van der Waals surface area contributed by atoms with Gasteiger partial charge in [-0.05, 0) is 62.3 Å². The second-order valence-electron chi connectivity index (χ2n) is 8.78. The minimum absolute atomic E-state index is 0.000910. The number of nitrogens with two attached hydrogens (primary N) is 1. The molecule has 2 heterocycles. The molecule has 2 aliphatic rings. The Kier molecular flexibility index (Phi) is 6.51. The van der Waals surface area contributed by atoms with Gasteiger partial charge in [0, 0.05) is 42.8 Å². The number of pyridine rings is 1. The van der Waals surface area contributed by atoms with Gasteiger partial charge in [-0.1, -0.05) is 17.7 Å². The molecule has 0 bridgehead atoms. The Morgan fingerprint density at radius 1 is 1.16 bits per heavy atom. The summed E-state index contributed by atoms with van der Waals surface area (Å²) in [5.74, 6) is 0.139. The number of benzene rings is 1. The van der Waals surface area contributed by atoms with E-state index in [-0.39, 0.29) is 24.4 Å². The number of carbonyl (C=O) groups is 2. The van der Waals surface area contributed by atoms with Crippen molar-refractivity contribution in [2.24, 2.45) is 0 Å². The van der Waals surface area contributed by atoms with Crippen molar-refractivity contribution in [1.82, 2.24) is 20.5 Å². The minimum Gasteiger partial charge on any atom is -0.398 e. The second-order valence-corrected chi connectivity index (χ2v) is 8.78. The summed E-state index contributed by atoms with van der Waals surface area (Å²) in [6.07, 6.45) is 8.19. The molecule has 1 aliphatic carbocycles. The third-order valence-electron chi connectivity index (χ3n) is 6.50. The summed E-state index contributed by atoms with van der Waals surface area (Å²) < 4.78 is 0. The topological polar surface area (TPSA) is 100 Å². The maximum atomic E-state index is 12.2. The zero-order valence-corrected chi connectivity index (χ0v) is 18.0. The molecular weight excluding hydrogens is 390 g/mol. The molecule has 1 saturated carbocycles. The maximum absolute atomic E-state index is 12.2. The molecule has 1 saturated heterocycles. The Bertz CT molecular complexity index is 933. The molecule has 164 valence electrons. The maximum Gasteiger partial charge on any atom is 0.251 e. The van der Waals surface area contributed by atoms with Crippen LogP contribution in [-0.4, -0.2) is 53.4 Å². The van der Waals surface area contributed by atoms with Gasteiger partial charge in [0.15, 0.2) is 0 Å². The number of nitrogen functional groups attached to an aromatic ring is 1. The van der Waals surface area contributed by atoms with Crippen molar-refractivity contribution >= 4 is 17.5 Å². The normalized spacial score (nSPS) is 21.8. The van der Waals surface area contributed by atoms with Gasteiger partial charge in [0.2, 0.25) is 5.91 Å². The SMILES string of the molecule is Cc1cccc(C(=O)NCC(=O)NC2CN(C3CCC(c4cnccc4N)CC3)C2)c1. The quantitative estimate of drug-likeness (QED) is 0.664. The molecule has 2 amide bonds. The fraction of sp³-hybridized carbons (Fsp3) is 0.458. The van der Waals surface area contributed by atoms with Crippen molar-refractivity contribution < 1.29 is 9.59 Å². The van der Waals surface area contributed by atoms with Crippen LogP contribution < -0.4 is 16.4 Å². The summed E-state index contributed by atoms with van der Waals surface area (Å²) >= 11 is 0. The van der Waals surface area contributed by atoms with Crippen molar-refractivity contribution in [3.05, 3.63) is 59.4 Å². The summed E-state index contributed by atoms with van der Waals surface area (Å²) in [7, 11) is 0. The number of hydrogen-bond donors (Lipinski definition) is 3. The van der Waals surface area contributed by atoms with Gasteiger partial charge in [-0.2, -0.15) is 0 Å². The molecule has 0 radical (unpaired) electrons. The van der Waals surface area contributed by atoms with Gasteiger partial charge in [-0.15, -0.1) is 0 Å². The van der Waals surface area contributed by atoms with Gasteiger partial charge < -0.3 is 16.4 Å². The number of rotatable bonds is 6. The van der Waals surface area contributed by atoms with E-state index in [0.29, 0.717) is 17.5 Å². The summed E-state index contributed by atoms with van der Waals surface area (Å²) in [6, 6.07) is 9.96. The number of aryl methyl sites for hydroxylation is 1. The molecule has 2 fully saturated rings. The summed E-state index contributed by atoms with van der Waals surface area (Å²) in [6.45, 7) is 3.69. The molecule has 1 aromatic heterocycles. The van der Waals surface area contributed by atoms with Crippen molar-refractivity contribution in [2.45, 2.75) is 50.6 Å². The van der Waals surface area contributed by atoms with E-state index in [1.165, 1.54) is 5.56 Å². The summed E-state index contributed by atoms with van der Waals surface area (Å²) in [4.78, 5) is 31.1. The summed E-state index contributed by atoms with van der Waals surface area (Å²) in [5, 5.41) is 5.72. The van der Waals surface area contributed by atoms with Gasteiger partial charge in [-0.25, -0.2) is 0 Å². The van der Waals surface area contributed by atoms with Crippen LogP contribution in [0.1, 0.15) is 53.1 Å². The Morgan fingerprint density at radius 2 is 1.94 bits per heavy atom. The van der Waals surface area contributed by atoms with E-state index in [1.54, 1.807) is 12.3 Å². The standard InChI is InChI=1S/C24H31N5O2/c1-16-3-2-4-18(11-16)24(31)27-13-23(30)28-19-14-29(15-19)20-7-5-17(6-8-20)21-12-26-10-9-22(21)25/h2-4,9-12,17,19-20H,5-8,13-15H2,1H3,(H2,25,26)(H,27,31)(H,28,30). The van der Waals surface area contributed by atoms with Crippen molar-refractivity contribution in [2.75, 3.05) is 25.4 Å². The molecule has 0 spiro atoms. The molecule has 4 rings (SSSR count). The largest absolute Gasteiger partial charge is 0.398 e. The van der Waals surface area contributed by atoms with E-state index >= 15 is 0 Å².